The van der Waals surface area contributed by atoms with Crippen LogP contribution in [0.1, 0.15) is 0 Å². The van der Waals surface area contributed by atoms with Crippen LogP contribution in [0.15, 0.2) is 77.3 Å². The summed E-state index contributed by atoms with van der Waals surface area (Å²) in [7, 11) is 0. The predicted molar refractivity (Wildman–Crippen MR) is 149 cm³/mol. The first kappa shape index (κ1) is 23.6. The van der Waals surface area contributed by atoms with Crippen molar-refractivity contribution in [3.63, 3.8) is 0 Å². The van der Waals surface area contributed by atoms with Crippen LogP contribution in [0, 0.1) is 0 Å². The summed E-state index contributed by atoms with van der Waals surface area (Å²) < 4.78 is 0. The van der Waals surface area contributed by atoms with Crippen molar-refractivity contribution in [2.75, 3.05) is 10.6 Å². The minimum absolute atomic E-state index is 0.0981. The molecule has 0 fully saturated rings. The van der Waals surface area contributed by atoms with Gasteiger partial charge in [0, 0.05) is 23.5 Å². The van der Waals surface area contributed by atoms with Crippen molar-refractivity contribution in [3.8, 4) is 45.4 Å². The quantitative estimate of drug-likeness (QED) is 0.132. The lowest BCUT2D eigenvalue weighted by Crippen LogP contribution is -1.96. The Morgan fingerprint density at radius 3 is 1.53 bits per heavy atom. The Bertz CT molecular complexity index is 1630. The normalized spacial score (nSPS) is 11.1. The van der Waals surface area contributed by atoms with Gasteiger partial charge in [0.1, 0.15) is 62.8 Å². The van der Waals surface area contributed by atoms with E-state index in [2.05, 4.69) is 70.8 Å². The van der Waals surface area contributed by atoms with E-state index >= 15 is 0 Å². The van der Waals surface area contributed by atoms with Crippen LogP contribution in [0.4, 0.5) is 23.3 Å². The first-order chi connectivity index (χ1) is 18.5. The van der Waals surface area contributed by atoms with Gasteiger partial charge in [0.05, 0.1) is 11.1 Å². The molecule has 0 aliphatic carbocycles. The summed E-state index contributed by atoms with van der Waals surface area (Å²) in [5.74, 6) is 3.00. The summed E-state index contributed by atoms with van der Waals surface area (Å²) in [4.78, 5) is 28.3. The highest BCUT2D eigenvalue weighted by Crippen LogP contribution is 2.37. The molecule has 38 heavy (non-hydrogen) atoms. The van der Waals surface area contributed by atoms with Crippen LogP contribution in [0.5, 0.6) is 11.5 Å². The van der Waals surface area contributed by atoms with E-state index in [1.165, 1.54) is 6.33 Å². The minimum atomic E-state index is 0.0981. The Morgan fingerprint density at radius 1 is 0.632 bits per heavy atom. The fraction of sp³-hybridized carbons (Fsp3) is 0. The van der Waals surface area contributed by atoms with Crippen LogP contribution in [0.25, 0.3) is 33.9 Å². The Hall–Kier alpha value is -4.75. The number of aromatic nitrogens is 7. The molecule has 0 amide bonds. The second-order valence-corrected chi connectivity index (χ2v) is 9.01. The van der Waals surface area contributed by atoms with E-state index < -0.39 is 0 Å². The summed E-state index contributed by atoms with van der Waals surface area (Å²) in [5, 5.41) is 27.6. The number of hydrogen-bond acceptors (Lipinski definition) is 11. The van der Waals surface area contributed by atoms with Crippen LogP contribution in [0.2, 0.25) is 0 Å². The van der Waals surface area contributed by atoms with Crippen molar-refractivity contribution >= 4 is 48.5 Å². The molecule has 188 valence electrons. The fourth-order valence-corrected chi connectivity index (χ4v) is 4.35. The number of benzene rings is 2. The van der Waals surface area contributed by atoms with E-state index in [1.807, 2.05) is 12.1 Å². The number of phenols is 2. The number of imidazole rings is 2. The first-order valence-corrected chi connectivity index (χ1v) is 12.1. The lowest BCUT2D eigenvalue weighted by atomic mass is 10.2. The summed E-state index contributed by atoms with van der Waals surface area (Å²) >= 11 is 8.95. The number of fused-ring (bicyclic) bond motifs is 1. The topological polar surface area (TPSA) is 161 Å². The second-order valence-electron chi connectivity index (χ2n) is 8.16. The highest BCUT2D eigenvalue weighted by molar-refractivity contribution is 7.80. The number of rotatable bonds is 6. The number of phenolic OH excluding ortho intramolecular Hbond substituents is 2. The first-order valence-electron chi connectivity index (χ1n) is 11.3. The predicted octanol–water partition coefficient (Wildman–Crippen LogP) is 5.23. The summed E-state index contributed by atoms with van der Waals surface area (Å²) in [6.45, 7) is 0. The monoisotopic (exact) mass is 541 g/mol. The van der Waals surface area contributed by atoms with Crippen LogP contribution < -0.4 is 10.6 Å². The van der Waals surface area contributed by atoms with Gasteiger partial charge < -0.3 is 30.8 Å². The zero-order valence-electron chi connectivity index (χ0n) is 19.4. The van der Waals surface area contributed by atoms with Gasteiger partial charge in [0.2, 0.25) is 0 Å². The molecule has 0 radical (unpaired) electrons. The average molecular weight is 542 g/mol. The van der Waals surface area contributed by atoms with Gasteiger partial charge in [0.25, 0.3) is 0 Å². The number of para-hydroxylation sites is 2. The van der Waals surface area contributed by atoms with E-state index in [0.717, 1.165) is 0 Å². The zero-order chi connectivity index (χ0) is 26.2. The van der Waals surface area contributed by atoms with Gasteiger partial charge in [-0.15, -0.1) is 25.3 Å². The molecule has 2 aliphatic heterocycles. The molecule has 6 N–H and O–H groups in total. The summed E-state index contributed by atoms with van der Waals surface area (Å²) in [5.41, 5.74) is 2.44. The molecule has 0 saturated heterocycles. The fourth-order valence-electron chi connectivity index (χ4n) is 3.93. The molecule has 0 spiro atoms. The van der Waals surface area contributed by atoms with Gasteiger partial charge in [-0.1, -0.05) is 24.3 Å². The Labute approximate surface area is 226 Å². The molecule has 0 unspecified atom stereocenters. The van der Waals surface area contributed by atoms with Crippen molar-refractivity contribution < 1.29 is 10.2 Å². The minimum Gasteiger partial charge on any atom is -0.507 e. The van der Waals surface area contributed by atoms with Crippen molar-refractivity contribution in [2.24, 2.45) is 0 Å². The number of anilines is 4. The Balaban J connectivity index is 1.30. The SMILES string of the molecule is Oc1ccccc1-c1nc(S)c(Nc2ncnc(Nc3[nH]c(-c4ccccc4O)nc3S)c3cncc2-3)[nH]1. The van der Waals surface area contributed by atoms with Crippen molar-refractivity contribution in [1.82, 2.24) is 34.9 Å². The lowest BCUT2D eigenvalue weighted by Gasteiger charge is -2.07. The standard InChI is InChI=1S/C25H19N9O2S2/c35-16-7-3-1-5-12(16)20-31-22(24(37)33-20)29-18-14-9-26-10-15(14)19(28-11-27-18)30-23-25(38)34-21(32-23)13-6-2-4-8-17(13)36/h1-11,35-38H,(H,31,33)(H,32,34)(H2,27,28,29,30). The van der Waals surface area contributed by atoms with Crippen molar-refractivity contribution in [3.05, 3.63) is 67.3 Å². The number of hydrogen-bond donors (Lipinski definition) is 8. The molecular weight excluding hydrogens is 522 g/mol. The highest BCUT2D eigenvalue weighted by Gasteiger charge is 2.20. The zero-order valence-corrected chi connectivity index (χ0v) is 21.2. The Kier molecular flexibility index (Phi) is 5.98. The third kappa shape index (κ3) is 4.33. The lowest BCUT2D eigenvalue weighted by molar-refractivity contribution is 0.476. The third-order valence-electron chi connectivity index (χ3n) is 5.76. The molecule has 2 aromatic carbocycles. The van der Waals surface area contributed by atoms with Crippen molar-refractivity contribution in [2.45, 2.75) is 10.1 Å². The van der Waals surface area contributed by atoms with Gasteiger partial charge in [0.15, 0.2) is 0 Å². The van der Waals surface area contributed by atoms with Crippen LogP contribution in [-0.4, -0.2) is 45.1 Å². The molecule has 0 bridgehead atoms. The average Bonchev–Trinajstić information content (AvgIpc) is 3.60. The summed E-state index contributed by atoms with van der Waals surface area (Å²) in [6.07, 6.45) is 4.73. The molecule has 0 atom stereocenters. The molecular formula is C25H19N9O2S2. The maximum atomic E-state index is 10.2. The number of nitrogens with zero attached hydrogens (tertiary/aromatic N) is 5. The van der Waals surface area contributed by atoms with Crippen LogP contribution >= 0.6 is 25.3 Å². The number of aromatic hydroxyl groups is 2. The largest absolute Gasteiger partial charge is 0.507 e. The van der Waals surface area contributed by atoms with Gasteiger partial charge in [-0.2, -0.15) is 0 Å². The Morgan fingerprint density at radius 2 is 1.08 bits per heavy atom. The number of aromatic amines is 2. The maximum Gasteiger partial charge on any atom is 0.144 e. The van der Waals surface area contributed by atoms with Gasteiger partial charge >= 0.3 is 0 Å². The molecule has 4 heterocycles. The van der Waals surface area contributed by atoms with E-state index in [9.17, 15) is 10.2 Å². The van der Waals surface area contributed by atoms with Crippen LogP contribution in [0.3, 0.4) is 0 Å². The third-order valence-corrected chi connectivity index (χ3v) is 6.40. The maximum absolute atomic E-state index is 10.2. The number of nitrogens with one attached hydrogen (secondary N) is 4. The molecule has 2 aromatic heterocycles. The smallest absolute Gasteiger partial charge is 0.144 e. The number of thiol groups is 2. The van der Waals surface area contributed by atoms with Gasteiger partial charge in [-0.25, -0.2) is 19.9 Å². The molecule has 4 aromatic rings. The van der Waals surface area contributed by atoms with Gasteiger partial charge in [-0.05, 0) is 24.3 Å². The molecule has 6 rings (SSSR count). The van der Waals surface area contributed by atoms with E-state index in [4.69, 9.17) is 0 Å². The van der Waals surface area contributed by atoms with E-state index in [0.29, 0.717) is 67.2 Å². The number of H-pyrrole nitrogens is 2. The van der Waals surface area contributed by atoms with E-state index in [1.54, 1.807) is 48.8 Å². The highest BCUT2D eigenvalue weighted by atomic mass is 32.1. The molecule has 11 nitrogen and oxygen atoms in total. The van der Waals surface area contributed by atoms with Crippen LogP contribution in [-0.2, 0) is 0 Å². The summed E-state index contributed by atoms with van der Waals surface area (Å²) in [6, 6.07) is 13.8. The van der Waals surface area contributed by atoms with Crippen molar-refractivity contribution in [1.29, 1.82) is 0 Å². The van der Waals surface area contributed by atoms with E-state index in [-0.39, 0.29) is 11.5 Å². The second kappa shape index (κ2) is 9.61. The molecule has 0 saturated carbocycles. The molecule has 2 aliphatic rings. The van der Waals surface area contributed by atoms with Gasteiger partial charge in [-0.3, -0.25) is 4.98 Å². The molecule has 13 heteroatoms.